The Labute approximate surface area is 578 Å². The van der Waals surface area contributed by atoms with Crippen molar-refractivity contribution in [3.05, 3.63) is 166 Å². The summed E-state index contributed by atoms with van der Waals surface area (Å²) in [6.45, 7) is 8.96. The number of nitrogens with two attached hydrogens (primary N) is 1. The summed E-state index contributed by atoms with van der Waals surface area (Å²) in [6.07, 6.45) is 22.3. The summed E-state index contributed by atoms with van der Waals surface area (Å²) in [6, 6.07) is 24.4. The van der Waals surface area contributed by atoms with E-state index in [0.717, 1.165) is 85.9 Å². The summed E-state index contributed by atoms with van der Waals surface area (Å²) in [4.78, 5) is 46.5. The number of halogens is 2. The van der Waals surface area contributed by atoms with E-state index in [1.807, 2.05) is 74.1 Å². The fourth-order valence-electron chi connectivity index (χ4n) is 8.26. The molecule has 8 aromatic heterocycles. The molecule has 502 valence electrons. The molecule has 7 N–H and O–H groups in total. The number of nitrogens with one attached hydrogen (secondary N) is 2. The number of aromatic amines is 2. The summed E-state index contributed by atoms with van der Waals surface area (Å²) in [5, 5.41) is 57.2. The Morgan fingerprint density at radius 1 is 0.685 bits per heavy atom. The van der Waals surface area contributed by atoms with E-state index in [1.165, 1.54) is 25.2 Å². The average molecular weight is 1470 g/mol. The molecule has 1 unspecified atom stereocenters. The Morgan fingerprint density at radius 2 is 1.11 bits per heavy atom. The Kier molecular flexibility index (Phi) is 40.0. The van der Waals surface area contributed by atoms with Crippen molar-refractivity contribution < 1.29 is 114 Å². The van der Waals surface area contributed by atoms with Gasteiger partial charge >= 0.3 is 51.3 Å². The second-order valence-corrected chi connectivity index (χ2v) is 20.8. The van der Waals surface area contributed by atoms with E-state index in [1.54, 1.807) is 72.1 Å². The quantitative estimate of drug-likeness (QED) is 0.0152. The van der Waals surface area contributed by atoms with E-state index in [4.69, 9.17) is 58.9 Å². The Balaban J connectivity index is 0.00000110. The number of pyridine rings is 4. The maximum atomic E-state index is 11.2. The van der Waals surface area contributed by atoms with Gasteiger partial charge in [0, 0.05) is 95.4 Å². The molecular weight excluding hydrogens is 1400 g/mol. The second kappa shape index (κ2) is 45.3. The fraction of sp³-hybridized carbons (Fsp3) is 0.411. The van der Waals surface area contributed by atoms with Gasteiger partial charge in [-0.25, -0.2) is 0 Å². The minimum Gasteiger partial charge on any atom is -1.00 e. The van der Waals surface area contributed by atoms with E-state index in [2.05, 4.69) is 66.5 Å². The van der Waals surface area contributed by atoms with Gasteiger partial charge in [-0.1, -0.05) is 40.2 Å². The molecule has 4 fully saturated rings. The van der Waals surface area contributed by atoms with Crippen LogP contribution in [0.15, 0.2) is 128 Å². The molecule has 3 aliphatic carbocycles. The number of nitrogens with zero attached hydrogens (tertiary/aromatic N) is 13. The molecule has 31 nitrogen and oxygen atoms in total. The van der Waals surface area contributed by atoms with Crippen molar-refractivity contribution in [2.45, 2.75) is 107 Å². The smallest absolute Gasteiger partial charge is 1.00 e. The molecule has 4 aliphatic rings. The normalized spacial score (nSPS) is 18.5. The van der Waals surface area contributed by atoms with Gasteiger partial charge in [-0.3, -0.25) is 73.2 Å². The summed E-state index contributed by atoms with van der Waals surface area (Å²) in [7, 11) is -4.17. The van der Waals surface area contributed by atoms with Crippen LogP contribution in [0.2, 0.25) is 0 Å². The predicted molar refractivity (Wildman–Crippen MR) is 335 cm³/mol. The number of nitro groups is 2. The van der Waals surface area contributed by atoms with E-state index in [9.17, 15) is 24.6 Å². The van der Waals surface area contributed by atoms with Crippen molar-refractivity contribution in [2.75, 3.05) is 45.9 Å². The first kappa shape index (κ1) is 81.1. The van der Waals surface area contributed by atoms with Crippen LogP contribution in [0, 0.1) is 37.8 Å². The third-order valence-electron chi connectivity index (χ3n) is 12.5. The zero-order chi connectivity index (χ0) is 66.0. The number of anilines is 1. The van der Waals surface area contributed by atoms with Gasteiger partial charge in [-0.05, 0) is 127 Å². The fourth-order valence-corrected chi connectivity index (χ4v) is 9.10. The number of aromatic nitrogens is 12. The molecule has 0 bridgehead atoms. The van der Waals surface area contributed by atoms with Gasteiger partial charge in [0.05, 0.1) is 82.9 Å². The molecule has 0 amide bonds. The molecule has 36 heteroatoms. The van der Waals surface area contributed by atoms with Crippen molar-refractivity contribution in [2.24, 2.45) is 0 Å². The number of rotatable bonds is 14. The van der Waals surface area contributed by atoms with Gasteiger partial charge in [0.15, 0.2) is 11.4 Å². The minimum atomic E-state index is -4.67. The molecule has 1 atom stereocenters. The second-order valence-electron chi connectivity index (χ2n) is 18.6. The molecule has 3 saturated carbocycles. The third kappa shape index (κ3) is 30.2. The molecule has 0 aromatic carbocycles. The molecule has 12 rings (SSSR count). The maximum absolute atomic E-state index is 11.2. The molecule has 0 spiro atoms. The van der Waals surface area contributed by atoms with Gasteiger partial charge in [0.25, 0.3) is 5.09 Å². The summed E-state index contributed by atoms with van der Waals surface area (Å²) >= 11 is 3.49. The Morgan fingerprint density at radius 3 is 1.48 bits per heavy atom. The predicted octanol–water partition coefficient (Wildman–Crippen LogP) is 7.61. The number of hydrogen-bond acceptors (Lipinski definition) is 21. The van der Waals surface area contributed by atoms with Gasteiger partial charge < -0.3 is 38.7 Å². The van der Waals surface area contributed by atoms with E-state index < -0.39 is 25.3 Å². The van der Waals surface area contributed by atoms with Crippen molar-refractivity contribution in [1.29, 1.82) is 0 Å². The summed E-state index contributed by atoms with van der Waals surface area (Å²) in [5.74, 6) is 0. The van der Waals surface area contributed by atoms with Crippen LogP contribution in [0.4, 0.5) is 21.5 Å². The Hall–Kier alpha value is -6.98. The standard InChI is InChI=1S/C14H16N4O3.C14H18N4O.C8H6N4O2.C8H7N3.C6H11BrO.C4H8O.CH3F.CH3.HNO3.Na.H2O4S.Pd.H/c1-2-21-11-7-10(8-11)17-9-13(18(19)20)14(16-17)12-5-3-4-6-15-12;1-2-19-11-7-10(8-11)18-9-12(15)14(17-18)13-5-3-4-6-16-13;13-12(14)7-5-10-11-8(7)6-3-1-2-4-9-6;1-2-5-9-7(3-1)8-4-6-10-11-8;1-2-8-6-3-5(7)4-6;1-2-4-5-3-1;1-2;;2-1(3)4;;1-5(2,3)4;;/h3-6,9-11H,2,7-8H2,1H3;3-6,9-11H,2,7-8,15H2,1H3;1-5H,(H,10,11);1-6H,(H,10,11);5-6H,2-4H2,1H3;1-4H2;1H3;1H3;(H,2,3,4);;(H2,1,2,3,4);;/q;;;;;;;-1;;+1;;;-1/i;;;;;3D;;;;;;;. The summed E-state index contributed by atoms with van der Waals surface area (Å²) in [5.41, 5.74) is 11.8. The molecule has 1 saturated heterocycles. The van der Waals surface area contributed by atoms with E-state index in [0.29, 0.717) is 60.5 Å². The van der Waals surface area contributed by atoms with Gasteiger partial charge in [0.2, 0.25) is 0 Å². The van der Waals surface area contributed by atoms with Crippen molar-refractivity contribution in [3.8, 4) is 45.6 Å². The van der Waals surface area contributed by atoms with Crippen LogP contribution < -0.4 is 35.3 Å². The number of alkyl halides is 2. The molecule has 9 heterocycles. The van der Waals surface area contributed by atoms with Crippen LogP contribution in [0.3, 0.4) is 0 Å². The van der Waals surface area contributed by atoms with Crippen LogP contribution in [-0.4, -0.2) is 161 Å². The number of nitrogen functional groups attached to an aromatic ring is 1. The molecule has 92 heavy (non-hydrogen) atoms. The number of H-pyrrole nitrogens is 2. The molecule has 8 aromatic rings. The van der Waals surface area contributed by atoms with Crippen LogP contribution >= 0.6 is 15.9 Å². The minimum absolute atomic E-state index is 0. The van der Waals surface area contributed by atoms with Gasteiger partial charge in [-0.15, -0.1) is 10.1 Å². The zero-order valence-electron chi connectivity index (χ0n) is 53.3. The van der Waals surface area contributed by atoms with Crippen molar-refractivity contribution in [1.82, 2.24) is 59.9 Å². The van der Waals surface area contributed by atoms with E-state index in [-0.39, 0.29) is 88.9 Å². The summed E-state index contributed by atoms with van der Waals surface area (Å²) < 4.78 is 72.8. The number of hydrogen-bond donors (Lipinski definition) is 6. The first-order chi connectivity index (χ1) is 43.2. The van der Waals surface area contributed by atoms with Gasteiger partial charge in [0.1, 0.15) is 18.1 Å². The number of ether oxygens (including phenoxy) is 4. The first-order valence-corrected chi connectivity index (χ1v) is 29.8. The van der Waals surface area contributed by atoms with Crippen LogP contribution in [0.5, 0.6) is 0 Å². The third-order valence-corrected chi connectivity index (χ3v) is 13.2. The average Bonchev–Trinajstić information content (AvgIpc) is 1.64. The van der Waals surface area contributed by atoms with E-state index >= 15 is 0 Å². The van der Waals surface area contributed by atoms with Crippen LogP contribution in [0.25, 0.3) is 45.6 Å². The molecule has 0 radical (unpaired) electrons. The molecule has 1 aliphatic heterocycles. The SMILES string of the molecule is CCOC1CC(Br)C1.CCOC1CC(n2cc(N)c(-c3ccccn3)n2)C1.CCOC1CC(n2cc([N+](=O)[O-])c(-c3ccccn3)n2)C1.CF.O=S(=O)(O)O.O=[N+]([O-])O.O=[N+]([O-])c1cn[nH]c1-c1ccccn1.[2H]C1CCCO1.[CH3-].[H-].[Na+].[Pd].c1ccc(-c2ccn[nH]2)nc1. The first-order valence-electron chi connectivity index (χ1n) is 28.1. The topological polar surface area (TPSA) is 432 Å². The monoisotopic (exact) mass is 1470 g/mol. The van der Waals surface area contributed by atoms with Crippen LogP contribution in [-0.2, 0) is 49.8 Å². The zero-order valence-corrected chi connectivity index (χ0v) is 57.2. The van der Waals surface area contributed by atoms with Crippen molar-refractivity contribution in [3.63, 3.8) is 0 Å². The molecular formula is C56H76BrFN16NaO15PdS-. The maximum Gasteiger partial charge on any atom is 1.00 e. The van der Waals surface area contributed by atoms with Gasteiger partial charge in [-0.2, -0.15) is 28.8 Å². The Bertz CT molecular complexity index is 3410. The van der Waals surface area contributed by atoms with Crippen LogP contribution in [0.1, 0.15) is 87.0 Å². The van der Waals surface area contributed by atoms with Crippen molar-refractivity contribution >= 4 is 43.4 Å². The largest absolute Gasteiger partial charge is 1.00 e.